The molecular formula is C46H30N4O2. The van der Waals surface area contributed by atoms with E-state index in [-0.39, 0.29) is 0 Å². The molecule has 2 aliphatic heterocycles. The van der Waals surface area contributed by atoms with Crippen molar-refractivity contribution in [1.82, 2.24) is 9.97 Å². The average molecular weight is 671 g/mol. The standard InChI is InChI=1S/C46H30N4O2/c1-3-15-37(49-39-17-5-9-21-43(39)51-44-22-10-6-18-40(44)49)35(13-1)33-25-31(27-47-29-33)32-26-34(30-48-28-32)36-14-2-4-16-38(36)50-41-19-7-11-23-45(41)52-46-24-12-8-20-42(46)50/h1-30H. The van der Waals surface area contributed by atoms with Crippen LogP contribution in [0.4, 0.5) is 34.1 Å². The van der Waals surface area contributed by atoms with Gasteiger partial charge >= 0.3 is 0 Å². The zero-order valence-electron chi connectivity index (χ0n) is 27.9. The molecule has 6 aromatic carbocycles. The number of anilines is 6. The second-order valence-corrected chi connectivity index (χ2v) is 12.7. The SMILES string of the molecule is c1ccc2c(c1)Oc1ccccc1N2c1ccccc1-c1cncc(-c2cncc(-c3ccccc3N3c4ccccc4Oc4ccccc43)c2)c1. The summed E-state index contributed by atoms with van der Waals surface area (Å²) in [5.74, 6) is 3.26. The molecule has 0 saturated carbocycles. The van der Waals surface area contributed by atoms with Crippen LogP contribution in [-0.4, -0.2) is 9.97 Å². The van der Waals surface area contributed by atoms with Crippen molar-refractivity contribution in [3.63, 3.8) is 0 Å². The minimum Gasteiger partial charge on any atom is -0.453 e. The van der Waals surface area contributed by atoms with Gasteiger partial charge < -0.3 is 19.3 Å². The topological polar surface area (TPSA) is 50.7 Å². The fraction of sp³-hybridized carbons (Fsp3) is 0. The van der Waals surface area contributed by atoms with Gasteiger partial charge in [0, 0.05) is 58.2 Å². The molecule has 52 heavy (non-hydrogen) atoms. The Labute approximate surface area is 301 Å². The van der Waals surface area contributed by atoms with E-state index in [1.807, 2.05) is 97.6 Å². The zero-order chi connectivity index (χ0) is 34.4. The second-order valence-electron chi connectivity index (χ2n) is 12.7. The van der Waals surface area contributed by atoms with Crippen LogP contribution in [0.25, 0.3) is 33.4 Å². The van der Waals surface area contributed by atoms with E-state index in [1.165, 1.54) is 0 Å². The molecule has 0 atom stereocenters. The minimum absolute atomic E-state index is 0.815. The van der Waals surface area contributed by atoms with Gasteiger partial charge in [0.1, 0.15) is 0 Å². The molecule has 0 bridgehead atoms. The fourth-order valence-electron chi connectivity index (χ4n) is 7.24. The Morgan fingerprint density at radius 3 is 0.962 bits per heavy atom. The summed E-state index contributed by atoms with van der Waals surface area (Å²) >= 11 is 0. The molecule has 0 amide bonds. The number of pyridine rings is 2. The van der Waals surface area contributed by atoms with Crippen molar-refractivity contribution in [3.05, 3.63) is 183 Å². The van der Waals surface area contributed by atoms with E-state index in [0.29, 0.717) is 0 Å². The van der Waals surface area contributed by atoms with Gasteiger partial charge in [-0.1, -0.05) is 84.9 Å². The van der Waals surface area contributed by atoms with Crippen molar-refractivity contribution in [2.24, 2.45) is 0 Å². The number of fused-ring (bicyclic) bond motifs is 4. The van der Waals surface area contributed by atoms with Crippen molar-refractivity contribution in [2.75, 3.05) is 9.80 Å². The van der Waals surface area contributed by atoms with Crippen LogP contribution < -0.4 is 19.3 Å². The van der Waals surface area contributed by atoms with Crippen molar-refractivity contribution in [3.8, 4) is 56.4 Å². The van der Waals surface area contributed by atoms with E-state index >= 15 is 0 Å². The van der Waals surface area contributed by atoms with Gasteiger partial charge in [0.05, 0.1) is 34.1 Å². The van der Waals surface area contributed by atoms with E-state index in [2.05, 4.69) is 94.7 Å². The summed E-state index contributed by atoms with van der Waals surface area (Å²) < 4.78 is 12.6. The van der Waals surface area contributed by atoms with E-state index in [0.717, 1.165) is 90.5 Å². The van der Waals surface area contributed by atoms with Crippen LogP contribution in [0.5, 0.6) is 23.0 Å². The first-order valence-electron chi connectivity index (χ1n) is 17.2. The number of para-hydroxylation sites is 10. The molecule has 0 aliphatic carbocycles. The number of benzene rings is 6. The zero-order valence-corrected chi connectivity index (χ0v) is 27.9. The summed E-state index contributed by atoms with van der Waals surface area (Å²) in [4.78, 5) is 14.1. The van der Waals surface area contributed by atoms with E-state index in [9.17, 15) is 0 Å². The third-order valence-electron chi connectivity index (χ3n) is 9.59. The molecule has 2 aliphatic rings. The van der Waals surface area contributed by atoms with Crippen LogP contribution in [0.15, 0.2) is 183 Å². The average Bonchev–Trinajstić information content (AvgIpc) is 3.22. The molecular weight excluding hydrogens is 641 g/mol. The first-order valence-corrected chi connectivity index (χ1v) is 17.2. The molecule has 2 aromatic heterocycles. The molecule has 8 aromatic rings. The third kappa shape index (κ3) is 4.96. The van der Waals surface area contributed by atoms with E-state index in [1.54, 1.807) is 0 Å². The number of nitrogens with zero attached hydrogens (tertiary/aromatic N) is 4. The van der Waals surface area contributed by atoms with Gasteiger partial charge in [0.25, 0.3) is 0 Å². The Bertz CT molecular complexity index is 2360. The Morgan fingerprint density at radius 2 is 0.596 bits per heavy atom. The largest absolute Gasteiger partial charge is 0.453 e. The molecule has 0 saturated heterocycles. The van der Waals surface area contributed by atoms with Crippen LogP contribution in [0.1, 0.15) is 0 Å². The van der Waals surface area contributed by atoms with E-state index < -0.39 is 0 Å². The van der Waals surface area contributed by atoms with Gasteiger partial charge in [-0.05, 0) is 72.8 Å². The highest BCUT2D eigenvalue weighted by Gasteiger charge is 2.28. The monoisotopic (exact) mass is 670 g/mol. The molecule has 246 valence electrons. The van der Waals surface area contributed by atoms with Gasteiger partial charge in [-0.25, -0.2) is 0 Å². The fourth-order valence-corrected chi connectivity index (χ4v) is 7.24. The maximum Gasteiger partial charge on any atom is 0.151 e. The first kappa shape index (κ1) is 29.7. The minimum atomic E-state index is 0.815. The molecule has 0 N–H and O–H groups in total. The number of aromatic nitrogens is 2. The summed E-state index contributed by atoms with van der Waals surface area (Å²) in [6.07, 6.45) is 7.68. The molecule has 4 heterocycles. The van der Waals surface area contributed by atoms with Crippen LogP contribution in [0.3, 0.4) is 0 Å². The van der Waals surface area contributed by atoms with Crippen LogP contribution >= 0.6 is 0 Å². The Hall–Kier alpha value is -7.18. The summed E-state index contributed by atoms with van der Waals surface area (Å²) in [6, 6.07) is 53.9. The second kappa shape index (κ2) is 12.3. The number of hydrogen-bond donors (Lipinski definition) is 0. The number of hydrogen-bond acceptors (Lipinski definition) is 6. The summed E-state index contributed by atoms with van der Waals surface area (Å²) in [6.45, 7) is 0. The van der Waals surface area contributed by atoms with Gasteiger partial charge in [-0.2, -0.15) is 0 Å². The summed E-state index contributed by atoms with van der Waals surface area (Å²) in [5, 5.41) is 0. The smallest absolute Gasteiger partial charge is 0.151 e. The Kier molecular flexibility index (Phi) is 7.03. The summed E-state index contributed by atoms with van der Waals surface area (Å²) in [7, 11) is 0. The number of rotatable bonds is 5. The highest BCUT2D eigenvalue weighted by Crippen LogP contribution is 2.53. The maximum atomic E-state index is 6.31. The highest BCUT2D eigenvalue weighted by molar-refractivity contribution is 5.95. The van der Waals surface area contributed by atoms with Crippen molar-refractivity contribution >= 4 is 34.1 Å². The van der Waals surface area contributed by atoms with Crippen molar-refractivity contribution in [2.45, 2.75) is 0 Å². The van der Waals surface area contributed by atoms with Crippen LogP contribution in [-0.2, 0) is 0 Å². The number of ether oxygens (including phenoxy) is 2. The normalized spacial score (nSPS) is 12.5. The Morgan fingerprint density at radius 1 is 0.308 bits per heavy atom. The molecule has 0 radical (unpaired) electrons. The van der Waals surface area contributed by atoms with Gasteiger partial charge in [-0.3, -0.25) is 9.97 Å². The van der Waals surface area contributed by atoms with Crippen molar-refractivity contribution in [1.29, 1.82) is 0 Å². The van der Waals surface area contributed by atoms with E-state index in [4.69, 9.17) is 19.4 Å². The lowest BCUT2D eigenvalue weighted by molar-refractivity contribution is 0.477. The van der Waals surface area contributed by atoms with Crippen LogP contribution in [0.2, 0.25) is 0 Å². The quantitative estimate of drug-likeness (QED) is 0.182. The Balaban J connectivity index is 1.06. The highest BCUT2D eigenvalue weighted by atomic mass is 16.5. The molecule has 0 unspecified atom stereocenters. The molecule has 10 rings (SSSR count). The third-order valence-corrected chi connectivity index (χ3v) is 9.59. The van der Waals surface area contributed by atoms with Crippen LogP contribution in [0, 0.1) is 0 Å². The maximum absolute atomic E-state index is 6.31. The van der Waals surface area contributed by atoms with Gasteiger partial charge in [0.15, 0.2) is 23.0 Å². The lowest BCUT2D eigenvalue weighted by Crippen LogP contribution is -2.16. The first-order chi connectivity index (χ1) is 25.8. The van der Waals surface area contributed by atoms with Gasteiger partial charge in [-0.15, -0.1) is 0 Å². The predicted octanol–water partition coefficient (Wildman–Crippen LogP) is 12.6. The van der Waals surface area contributed by atoms with Crippen molar-refractivity contribution < 1.29 is 9.47 Å². The van der Waals surface area contributed by atoms with Gasteiger partial charge in [0.2, 0.25) is 0 Å². The predicted molar refractivity (Wildman–Crippen MR) is 208 cm³/mol. The molecule has 0 spiro atoms. The lowest BCUT2D eigenvalue weighted by atomic mass is 9.97. The molecule has 6 nitrogen and oxygen atoms in total. The lowest BCUT2D eigenvalue weighted by Gasteiger charge is -2.34. The molecule has 6 heteroatoms. The summed E-state index contributed by atoms with van der Waals surface area (Å²) in [5.41, 5.74) is 12.1. The molecule has 0 fully saturated rings.